The number of aromatic nitrogens is 2. The number of thiophene rings is 1. The number of rotatable bonds is 4. The van der Waals surface area contributed by atoms with Gasteiger partial charge >= 0.3 is 0 Å². The van der Waals surface area contributed by atoms with Crippen LogP contribution in [0.1, 0.15) is 15.9 Å². The minimum absolute atomic E-state index is 0.0791. The van der Waals surface area contributed by atoms with Gasteiger partial charge in [0.25, 0.3) is 0 Å². The largest absolute Gasteiger partial charge is 0.294 e. The molecule has 0 saturated carbocycles. The van der Waals surface area contributed by atoms with Gasteiger partial charge < -0.3 is 0 Å². The number of hydrogen-bond acceptors (Lipinski definition) is 4. The molecular weight excluding hydrogens is 316 g/mol. The van der Waals surface area contributed by atoms with Gasteiger partial charge in [-0.05, 0) is 35.2 Å². The molecule has 2 aromatic carbocycles. The van der Waals surface area contributed by atoms with Crippen molar-refractivity contribution >= 4 is 28.2 Å². The van der Waals surface area contributed by atoms with Gasteiger partial charge in [-0.2, -0.15) is 0 Å². The third kappa shape index (κ3) is 2.96. The molecule has 0 bridgehead atoms. The molecule has 24 heavy (non-hydrogen) atoms. The van der Waals surface area contributed by atoms with Crippen molar-refractivity contribution in [3.8, 4) is 10.6 Å². The molecule has 1 radical (unpaired) electrons. The summed E-state index contributed by atoms with van der Waals surface area (Å²) >= 11 is 1.60. The predicted molar refractivity (Wildman–Crippen MR) is 96.2 cm³/mol. The zero-order valence-corrected chi connectivity index (χ0v) is 13.6. The Morgan fingerprint density at radius 1 is 1.00 bits per heavy atom. The fourth-order valence-electron chi connectivity index (χ4n) is 2.55. The van der Waals surface area contributed by atoms with Crippen LogP contribution < -0.4 is 0 Å². The first kappa shape index (κ1) is 14.7. The van der Waals surface area contributed by atoms with E-state index in [1.54, 1.807) is 17.4 Å². The minimum Gasteiger partial charge on any atom is -0.294 e. The zero-order chi connectivity index (χ0) is 16.4. The molecule has 0 fully saturated rings. The highest BCUT2D eigenvalue weighted by Crippen LogP contribution is 2.24. The van der Waals surface area contributed by atoms with Gasteiger partial charge in [0.2, 0.25) is 0 Å². The smallest absolute Gasteiger partial charge is 0.167 e. The van der Waals surface area contributed by atoms with E-state index in [0.717, 1.165) is 21.5 Å². The quantitative estimate of drug-likeness (QED) is 0.515. The molecule has 2 aromatic heterocycles. The lowest BCUT2D eigenvalue weighted by atomic mass is 10.0. The number of ketones is 1. The predicted octanol–water partition coefficient (Wildman–Crippen LogP) is 4.58. The van der Waals surface area contributed by atoms with E-state index in [-0.39, 0.29) is 5.78 Å². The van der Waals surface area contributed by atoms with Gasteiger partial charge in [0.05, 0.1) is 15.9 Å². The molecule has 2 heterocycles. The van der Waals surface area contributed by atoms with Gasteiger partial charge in [0.1, 0.15) is 11.9 Å². The lowest BCUT2D eigenvalue weighted by Gasteiger charge is -2.04. The Hall–Kier alpha value is -2.85. The van der Waals surface area contributed by atoms with Crippen molar-refractivity contribution < 1.29 is 4.79 Å². The van der Waals surface area contributed by atoms with Crippen molar-refractivity contribution in [2.75, 3.05) is 0 Å². The summed E-state index contributed by atoms with van der Waals surface area (Å²) in [6, 6.07) is 19.2. The monoisotopic (exact) mass is 329 g/mol. The lowest BCUT2D eigenvalue weighted by molar-refractivity contribution is 0.0993. The summed E-state index contributed by atoms with van der Waals surface area (Å²) in [4.78, 5) is 22.5. The molecule has 4 heteroatoms. The van der Waals surface area contributed by atoms with Crippen LogP contribution in [0.3, 0.4) is 0 Å². The Balaban J connectivity index is 1.68. The molecule has 4 aromatic rings. The second-order valence-electron chi connectivity index (χ2n) is 5.45. The van der Waals surface area contributed by atoms with Gasteiger partial charge in [0, 0.05) is 12.0 Å². The molecule has 0 saturated heterocycles. The van der Waals surface area contributed by atoms with Crippen LogP contribution in [-0.2, 0) is 6.42 Å². The van der Waals surface area contributed by atoms with Crippen molar-refractivity contribution in [3.63, 3.8) is 0 Å². The van der Waals surface area contributed by atoms with Gasteiger partial charge in [0.15, 0.2) is 5.78 Å². The van der Waals surface area contributed by atoms with Crippen LogP contribution in [-0.4, -0.2) is 15.8 Å². The number of benzene rings is 2. The number of nitrogens with zero attached hydrogens (tertiary/aromatic N) is 2. The molecule has 0 atom stereocenters. The summed E-state index contributed by atoms with van der Waals surface area (Å²) in [7, 11) is 0. The first-order chi connectivity index (χ1) is 11.8. The van der Waals surface area contributed by atoms with Crippen molar-refractivity contribution in [2.45, 2.75) is 6.42 Å². The summed E-state index contributed by atoms with van der Waals surface area (Å²) in [5.74, 6) is 0.0791. The van der Waals surface area contributed by atoms with E-state index >= 15 is 0 Å². The van der Waals surface area contributed by atoms with Crippen LogP contribution in [0.25, 0.3) is 21.6 Å². The van der Waals surface area contributed by atoms with Crippen LogP contribution in [0.4, 0.5) is 0 Å². The number of hydrogen-bond donors (Lipinski definition) is 0. The molecule has 0 amide bonds. The molecule has 115 valence electrons. The first-order valence-corrected chi connectivity index (χ1v) is 8.48. The molecule has 0 N–H and O–H groups in total. The number of carbonyl (C=O) groups is 1. The molecule has 0 aliphatic carbocycles. The van der Waals surface area contributed by atoms with E-state index in [9.17, 15) is 4.79 Å². The number of carbonyl (C=O) groups excluding carboxylic acids is 1. The average Bonchev–Trinajstić information content (AvgIpc) is 3.16. The summed E-state index contributed by atoms with van der Waals surface area (Å²) < 4.78 is 0. The van der Waals surface area contributed by atoms with Gasteiger partial charge in [-0.25, -0.2) is 9.97 Å². The Kier molecular flexibility index (Phi) is 3.89. The van der Waals surface area contributed by atoms with E-state index < -0.39 is 0 Å². The second kappa shape index (κ2) is 6.34. The van der Waals surface area contributed by atoms with Crippen LogP contribution in [0.2, 0.25) is 0 Å². The highest BCUT2D eigenvalue weighted by Gasteiger charge is 2.10. The maximum atomic E-state index is 12.5. The topological polar surface area (TPSA) is 42.9 Å². The Bertz CT molecular complexity index is 995. The maximum absolute atomic E-state index is 12.5. The third-order valence-corrected chi connectivity index (χ3v) is 4.65. The van der Waals surface area contributed by atoms with Crippen molar-refractivity contribution in [2.24, 2.45) is 0 Å². The third-order valence-electron chi connectivity index (χ3n) is 3.77. The SMILES string of the molecule is O=C(Cc1ccccc1)c1ccc2n[c]c(-c3cccs3)nc2c1. The normalized spacial score (nSPS) is 10.8. The molecule has 0 spiro atoms. The Labute approximate surface area is 143 Å². The van der Waals surface area contributed by atoms with Crippen LogP contribution in [0, 0.1) is 6.20 Å². The zero-order valence-electron chi connectivity index (χ0n) is 12.8. The Morgan fingerprint density at radius 2 is 1.88 bits per heavy atom. The van der Waals surface area contributed by atoms with E-state index in [1.807, 2.05) is 60.0 Å². The molecule has 0 aliphatic rings. The number of fused-ring (bicyclic) bond motifs is 1. The molecule has 4 rings (SSSR count). The number of Topliss-reactive ketones (excluding diaryl/α,β-unsaturated/α-hetero) is 1. The fraction of sp³-hybridized carbons (Fsp3) is 0.0500. The fourth-order valence-corrected chi connectivity index (χ4v) is 3.21. The lowest BCUT2D eigenvalue weighted by Crippen LogP contribution is -2.03. The van der Waals surface area contributed by atoms with Gasteiger partial charge in [-0.15, -0.1) is 11.3 Å². The summed E-state index contributed by atoms with van der Waals surface area (Å²) in [6.45, 7) is 0. The van der Waals surface area contributed by atoms with E-state index in [1.165, 1.54) is 0 Å². The Morgan fingerprint density at radius 3 is 2.67 bits per heavy atom. The van der Waals surface area contributed by atoms with Gasteiger partial charge in [-0.3, -0.25) is 4.79 Å². The summed E-state index contributed by atoms with van der Waals surface area (Å²) in [6.07, 6.45) is 3.35. The molecule has 3 nitrogen and oxygen atoms in total. The highest BCUT2D eigenvalue weighted by molar-refractivity contribution is 7.13. The van der Waals surface area contributed by atoms with Crippen molar-refractivity contribution in [1.82, 2.24) is 9.97 Å². The molecule has 0 aliphatic heterocycles. The minimum atomic E-state index is 0.0791. The average molecular weight is 329 g/mol. The van der Waals surface area contributed by atoms with E-state index in [0.29, 0.717) is 17.7 Å². The van der Waals surface area contributed by atoms with Crippen molar-refractivity contribution in [1.29, 1.82) is 0 Å². The van der Waals surface area contributed by atoms with Gasteiger partial charge in [-0.1, -0.05) is 36.4 Å². The first-order valence-electron chi connectivity index (χ1n) is 7.60. The standard InChI is InChI=1S/C20H13N2OS/c23-19(11-14-5-2-1-3-6-14)15-8-9-16-17(12-15)22-18(13-21-16)20-7-4-10-24-20/h1-10,12H,11H2. The van der Waals surface area contributed by atoms with E-state index in [2.05, 4.69) is 16.2 Å². The van der Waals surface area contributed by atoms with Crippen molar-refractivity contribution in [3.05, 3.63) is 83.4 Å². The summed E-state index contributed by atoms with van der Waals surface area (Å²) in [5, 5.41) is 1.99. The van der Waals surface area contributed by atoms with Crippen LogP contribution in [0.15, 0.2) is 66.0 Å². The highest BCUT2D eigenvalue weighted by atomic mass is 32.1. The molecule has 0 unspecified atom stereocenters. The molecular formula is C20H13N2OS. The van der Waals surface area contributed by atoms with E-state index in [4.69, 9.17) is 0 Å². The van der Waals surface area contributed by atoms with Crippen LogP contribution >= 0.6 is 11.3 Å². The summed E-state index contributed by atoms with van der Waals surface area (Å²) in [5.41, 5.74) is 3.84. The second-order valence-corrected chi connectivity index (χ2v) is 6.40. The van der Waals surface area contributed by atoms with Crippen LogP contribution in [0.5, 0.6) is 0 Å². The maximum Gasteiger partial charge on any atom is 0.167 e.